The van der Waals surface area contributed by atoms with Gasteiger partial charge in [0, 0.05) is 28.7 Å². The number of anilines is 1. The molecule has 0 bridgehead atoms. The van der Waals surface area contributed by atoms with Crippen LogP contribution in [0.3, 0.4) is 0 Å². The second kappa shape index (κ2) is 10.1. The minimum Gasteiger partial charge on any atom is -0.393 e. The van der Waals surface area contributed by atoms with Crippen LogP contribution in [0.5, 0.6) is 0 Å². The summed E-state index contributed by atoms with van der Waals surface area (Å²) >= 11 is 12.5. The van der Waals surface area contributed by atoms with E-state index in [1.165, 1.54) is 12.1 Å². The Labute approximate surface area is 232 Å². The van der Waals surface area contributed by atoms with Crippen LogP contribution in [0, 0.1) is 11.2 Å². The van der Waals surface area contributed by atoms with Gasteiger partial charge in [-0.2, -0.15) is 0 Å². The van der Waals surface area contributed by atoms with E-state index in [0.29, 0.717) is 48.4 Å². The third kappa shape index (κ3) is 4.83. The second-order valence-corrected chi connectivity index (χ2v) is 13.0. The third-order valence-corrected chi connectivity index (χ3v) is 8.76. The Kier molecular flexibility index (Phi) is 7.27. The number of halogens is 3. The minimum atomic E-state index is -1.27. The van der Waals surface area contributed by atoms with E-state index in [2.05, 4.69) is 36.7 Å². The monoisotopic (exact) mass is 561 g/mol. The van der Waals surface area contributed by atoms with Crippen molar-refractivity contribution in [3.63, 3.8) is 0 Å². The molecule has 0 unspecified atom stereocenters. The van der Waals surface area contributed by atoms with Gasteiger partial charge >= 0.3 is 0 Å². The van der Waals surface area contributed by atoms with Crippen molar-refractivity contribution in [1.29, 1.82) is 0 Å². The maximum Gasteiger partial charge on any atom is 0.238 e. The highest BCUT2D eigenvalue weighted by molar-refractivity contribution is 6.31. The highest BCUT2D eigenvalue weighted by Crippen LogP contribution is 2.57. The summed E-state index contributed by atoms with van der Waals surface area (Å²) in [6.45, 7) is 6.23. The van der Waals surface area contributed by atoms with Crippen LogP contribution >= 0.6 is 23.2 Å². The van der Waals surface area contributed by atoms with Crippen molar-refractivity contribution in [3.05, 3.63) is 63.4 Å². The number of carbonyl (C=O) groups excluding carboxylic acids is 2. The highest BCUT2D eigenvalue weighted by atomic mass is 35.5. The predicted molar refractivity (Wildman–Crippen MR) is 147 cm³/mol. The number of fused-ring (bicyclic) bond motifs is 2. The van der Waals surface area contributed by atoms with Gasteiger partial charge in [-0.3, -0.25) is 9.59 Å². The third-order valence-electron chi connectivity index (χ3n) is 8.23. The average Bonchev–Trinajstić information content (AvgIpc) is 3.30. The zero-order valence-electron chi connectivity index (χ0n) is 21.8. The minimum absolute atomic E-state index is 0.0636. The maximum atomic E-state index is 15.0. The number of benzene rings is 2. The van der Waals surface area contributed by atoms with Crippen molar-refractivity contribution in [1.82, 2.24) is 10.6 Å². The fraction of sp³-hybridized carbons (Fsp3) is 0.517. The summed E-state index contributed by atoms with van der Waals surface area (Å²) < 4.78 is 15.0. The summed E-state index contributed by atoms with van der Waals surface area (Å²) in [7, 11) is 0. The number of hydrogen-bond acceptors (Lipinski definition) is 4. The lowest BCUT2D eigenvalue weighted by Gasteiger charge is -2.37. The lowest BCUT2D eigenvalue weighted by Crippen LogP contribution is -2.49. The quantitative estimate of drug-likeness (QED) is 0.407. The number of nitrogens with one attached hydrogen (secondary N) is 3. The molecule has 4 atom stereocenters. The molecule has 1 aliphatic carbocycles. The standard InChI is InChI=1S/C29H34Cl2FN3O3/c1-28(2,3)14-23-29(19-12-21(32)20(31)13-22(19)34-27(29)38)24(15-5-4-6-16(30)11-15)25(35-23)26(37)33-17-7-9-18(36)10-8-17/h4-6,11-13,17-18,23-25,35-36H,7-10,14H2,1-3H3,(H,33,37)(H,34,38)/t17-,18-,23-,24+,25-,29+/m1/s1. The number of amides is 2. The van der Waals surface area contributed by atoms with Crippen LogP contribution in [0.4, 0.5) is 10.1 Å². The molecular weight excluding hydrogens is 528 g/mol. The molecule has 2 amide bonds. The predicted octanol–water partition coefficient (Wildman–Crippen LogP) is 5.30. The Morgan fingerprint density at radius 3 is 2.53 bits per heavy atom. The van der Waals surface area contributed by atoms with Crippen LogP contribution in [0.1, 0.15) is 69.9 Å². The Morgan fingerprint density at radius 2 is 1.87 bits per heavy atom. The average molecular weight is 563 g/mol. The molecule has 1 saturated carbocycles. The van der Waals surface area contributed by atoms with Crippen LogP contribution in [-0.2, 0) is 15.0 Å². The molecule has 5 rings (SSSR count). The maximum absolute atomic E-state index is 15.0. The van der Waals surface area contributed by atoms with E-state index in [0.717, 1.165) is 5.56 Å². The topological polar surface area (TPSA) is 90.5 Å². The van der Waals surface area contributed by atoms with Crippen LogP contribution in [0.15, 0.2) is 36.4 Å². The lowest BCUT2D eigenvalue weighted by molar-refractivity contribution is -0.124. The summed E-state index contributed by atoms with van der Waals surface area (Å²) in [5.41, 5.74) is 0.189. The van der Waals surface area contributed by atoms with E-state index in [9.17, 15) is 19.1 Å². The zero-order chi connectivity index (χ0) is 27.4. The molecule has 4 N–H and O–H groups in total. The van der Waals surface area contributed by atoms with Crippen molar-refractivity contribution in [2.75, 3.05) is 5.32 Å². The molecule has 2 heterocycles. The van der Waals surface area contributed by atoms with Crippen molar-refractivity contribution in [2.45, 2.75) is 88.4 Å². The van der Waals surface area contributed by atoms with E-state index in [1.54, 1.807) is 18.2 Å². The molecule has 204 valence electrons. The van der Waals surface area contributed by atoms with Crippen molar-refractivity contribution in [3.8, 4) is 0 Å². The van der Waals surface area contributed by atoms with Gasteiger partial charge in [0.1, 0.15) is 11.2 Å². The first-order chi connectivity index (χ1) is 17.9. The fourth-order valence-corrected chi connectivity index (χ4v) is 7.01. The molecule has 9 heteroatoms. The Bertz CT molecular complexity index is 1260. The highest BCUT2D eigenvalue weighted by Gasteiger charge is 2.66. The molecule has 6 nitrogen and oxygen atoms in total. The van der Waals surface area contributed by atoms with Gasteiger partial charge in [-0.1, -0.05) is 56.1 Å². The van der Waals surface area contributed by atoms with E-state index in [4.69, 9.17) is 23.2 Å². The molecule has 2 aromatic carbocycles. The first-order valence-electron chi connectivity index (χ1n) is 13.2. The zero-order valence-corrected chi connectivity index (χ0v) is 23.3. The van der Waals surface area contributed by atoms with E-state index in [1.807, 2.05) is 6.07 Å². The Morgan fingerprint density at radius 1 is 1.16 bits per heavy atom. The van der Waals surface area contributed by atoms with E-state index < -0.39 is 29.2 Å². The van der Waals surface area contributed by atoms with Crippen molar-refractivity contribution >= 4 is 40.7 Å². The van der Waals surface area contributed by atoms with Gasteiger partial charge in [0.15, 0.2) is 0 Å². The molecule has 38 heavy (non-hydrogen) atoms. The molecule has 2 aromatic rings. The largest absolute Gasteiger partial charge is 0.393 e. The second-order valence-electron chi connectivity index (χ2n) is 12.1. The van der Waals surface area contributed by atoms with Crippen molar-refractivity contribution < 1.29 is 19.1 Å². The first kappa shape index (κ1) is 27.4. The van der Waals surface area contributed by atoms with Crippen LogP contribution in [0.2, 0.25) is 10.0 Å². The molecular formula is C29H34Cl2FN3O3. The summed E-state index contributed by atoms with van der Waals surface area (Å²) in [6, 6.07) is 8.67. The molecule has 3 aliphatic rings. The SMILES string of the molecule is CC(C)(C)C[C@H]1N[C@@H](C(=O)N[C@H]2CC[C@H](O)CC2)[C@H](c2cccc(Cl)c2)[C@@]12C(=O)Nc1cc(Cl)c(F)cc12. The summed E-state index contributed by atoms with van der Waals surface area (Å²) in [5, 5.41) is 20.0. The van der Waals surface area contributed by atoms with Gasteiger partial charge in [0.2, 0.25) is 11.8 Å². The number of aliphatic hydroxyl groups is 1. The van der Waals surface area contributed by atoms with Gasteiger partial charge in [-0.15, -0.1) is 0 Å². The molecule has 1 spiro atoms. The van der Waals surface area contributed by atoms with Gasteiger partial charge in [0.05, 0.1) is 17.2 Å². The molecule has 2 fully saturated rings. The molecule has 2 aliphatic heterocycles. The fourth-order valence-electron chi connectivity index (χ4n) is 6.65. The van der Waals surface area contributed by atoms with E-state index in [-0.39, 0.29) is 34.4 Å². The van der Waals surface area contributed by atoms with Gasteiger partial charge in [-0.25, -0.2) is 4.39 Å². The molecule has 0 radical (unpaired) electrons. The smallest absolute Gasteiger partial charge is 0.238 e. The summed E-state index contributed by atoms with van der Waals surface area (Å²) in [5.74, 6) is -1.79. The summed E-state index contributed by atoms with van der Waals surface area (Å²) in [4.78, 5) is 28.1. The van der Waals surface area contributed by atoms with Crippen LogP contribution in [0.25, 0.3) is 0 Å². The number of carbonyl (C=O) groups is 2. The molecule has 1 saturated heterocycles. The van der Waals surface area contributed by atoms with Gasteiger partial charge in [0.25, 0.3) is 0 Å². The summed E-state index contributed by atoms with van der Waals surface area (Å²) in [6.07, 6.45) is 2.85. The normalized spacial score (nSPS) is 30.8. The van der Waals surface area contributed by atoms with Gasteiger partial charge < -0.3 is 21.1 Å². The lowest BCUT2D eigenvalue weighted by atomic mass is 9.62. The Balaban J connectivity index is 1.66. The van der Waals surface area contributed by atoms with Crippen molar-refractivity contribution in [2.24, 2.45) is 5.41 Å². The number of hydrogen-bond donors (Lipinski definition) is 4. The van der Waals surface area contributed by atoms with E-state index >= 15 is 0 Å². The molecule has 0 aromatic heterocycles. The number of rotatable bonds is 4. The first-order valence-corrected chi connectivity index (χ1v) is 14.0. The van der Waals surface area contributed by atoms with Crippen LogP contribution in [-0.4, -0.2) is 41.2 Å². The number of aliphatic hydroxyl groups excluding tert-OH is 1. The van der Waals surface area contributed by atoms with Gasteiger partial charge in [-0.05, 0) is 72.9 Å². The van der Waals surface area contributed by atoms with Crippen LogP contribution < -0.4 is 16.0 Å². The Hall–Kier alpha value is -2.19.